The zero-order valence-corrected chi connectivity index (χ0v) is 16.7. The maximum atomic E-state index is 12.2. The van der Waals surface area contributed by atoms with Gasteiger partial charge in [0.2, 0.25) is 0 Å². The van der Waals surface area contributed by atoms with Crippen LogP contribution in [0.25, 0.3) is 6.08 Å². The first-order chi connectivity index (χ1) is 14.8. The Labute approximate surface area is 178 Å². The van der Waals surface area contributed by atoms with Crippen LogP contribution in [0.1, 0.15) is 22.7 Å². The van der Waals surface area contributed by atoms with Gasteiger partial charge in [0.1, 0.15) is 5.60 Å². The lowest BCUT2D eigenvalue weighted by molar-refractivity contribution is 0.0679. The van der Waals surface area contributed by atoms with E-state index in [-0.39, 0.29) is 6.04 Å². The summed E-state index contributed by atoms with van der Waals surface area (Å²) in [5, 5.41) is 15.7. The number of benzene rings is 4. The number of nitrogens with one attached hydrogen (secondary N) is 1. The molecule has 2 unspecified atom stereocenters. The molecule has 0 radical (unpaired) electrons. The largest absolute Gasteiger partial charge is 0.378 e. The van der Waals surface area contributed by atoms with Crippen molar-refractivity contribution in [3.63, 3.8) is 0 Å². The van der Waals surface area contributed by atoms with Gasteiger partial charge in [0.05, 0.1) is 6.04 Å². The second-order valence-corrected chi connectivity index (χ2v) is 7.29. The highest BCUT2D eigenvalue weighted by atomic mass is 16.3. The van der Waals surface area contributed by atoms with Crippen LogP contribution >= 0.6 is 0 Å². The number of hydrogen-bond acceptors (Lipinski definition) is 2. The van der Waals surface area contributed by atoms with Crippen LogP contribution in [-0.2, 0) is 5.60 Å². The summed E-state index contributed by atoms with van der Waals surface area (Å²) in [7, 11) is 0. The van der Waals surface area contributed by atoms with Gasteiger partial charge in [-0.25, -0.2) is 0 Å². The molecular formula is C28H25NO. The van der Waals surface area contributed by atoms with Gasteiger partial charge in [0.15, 0.2) is 0 Å². The molecule has 0 aliphatic rings. The minimum atomic E-state index is -1.27. The minimum Gasteiger partial charge on any atom is -0.378 e. The van der Waals surface area contributed by atoms with E-state index in [1.807, 2.05) is 133 Å². The summed E-state index contributed by atoms with van der Waals surface area (Å²) in [6.45, 7) is 0. The molecule has 0 aromatic heterocycles. The van der Waals surface area contributed by atoms with E-state index in [1.165, 1.54) is 0 Å². The molecule has 4 rings (SSSR count). The van der Waals surface area contributed by atoms with Crippen LogP contribution in [0.3, 0.4) is 0 Å². The minimum absolute atomic E-state index is 0.386. The SMILES string of the molecule is OC(/C=C/c1ccccc1)(c1ccccc1)C(Nc1ccccc1)c1ccccc1. The zero-order valence-electron chi connectivity index (χ0n) is 16.7. The maximum absolute atomic E-state index is 12.2. The Balaban J connectivity index is 1.83. The topological polar surface area (TPSA) is 32.3 Å². The predicted octanol–water partition coefficient (Wildman–Crippen LogP) is 6.44. The molecule has 4 aromatic rings. The molecule has 0 fully saturated rings. The molecule has 30 heavy (non-hydrogen) atoms. The summed E-state index contributed by atoms with van der Waals surface area (Å²) in [5.74, 6) is 0. The molecule has 4 aromatic carbocycles. The van der Waals surface area contributed by atoms with Crippen molar-refractivity contribution in [2.75, 3.05) is 5.32 Å². The molecule has 2 atom stereocenters. The van der Waals surface area contributed by atoms with Crippen LogP contribution in [0.5, 0.6) is 0 Å². The lowest BCUT2D eigenvalue weighted by Crippen LogP contribution is -2.36. The molecular weight excluding hydrogens is 366 g/mol. The number of aliphatic hydroxyl groups is 1. The van der Waals surface area contributed by atoms with Crippen LogP contribution in [0.15, 0.2) is 127 Å². The van der Waals surface area contributed by atoms with Crippen LogP contribution in [0, 0.1) is 0 Å². The van der Waals surface area contributed by atoms with E-state index in [2.05, 4.69) is 5.32 Å². The molecule has 0 spiro atoms. The van der Waals surface area contributed by atoms with Gasteiger partial charge in [-0.3, -0.25) is 0 Å². The van der Waals surface area contributed by atoms with E-state index in [0.717, 1.165) is 22.4 Å². The van der Waals surface area contributed by atoms with Crippen molar-refractivity contribution in [1.82, 2.24) is 0 Å². The number of rotatable bonds is 7. The van der Waals surface area contributed by atoms with Gasteiger partial charge in [-0.05, 0) is 34.9 Å². The Morgan fingerprint density at radius 1 is 0.633 bits per heavy atom. The van der Waals surface area contributed by atoms with Crippen molar-refractivity contribution in [3.05, 3.63) is 144 Å². The molecule has 2 nitrogen and oxygen atoms in total. The molecule has 148 valence electrons. The average molecular weight is 392 g/mol. The highest BCUT2D eigenvalue weighted by Crippen LogP contribution is 2.39. The Kier molecular flexibility index (Phi) is 6.07. The third-order valence-electron chi connectivity index (χ3n) is 5.22. The molecule has 2 heteroatoms. The predicted molar refractivity (Wildman–Crippen MR) is 125 cm³/mol. The van der Waals surface area contributed by atoms with Crippen molar-refractivity contribution >= 4 is 11.8 Å². The fourth-order valence-corrected chi connectivity index (χ4v) is 3.65. The fourth-order valence-electron chi connectivity index (χ4n) is 3.65. The van der Waals surface area contributed by atoms with Crippen molar-refractivity contribution in [2.45, 2.75) is 11.6 Å². The molecule has 0 aliphatic carbocycles. The molecule has 0 amide bonds. The first-order valence-corrected chi connectivity index (χ1v) is 10.1. The van der Waals surface area contributed by atoms with Crippen molar-refractivity contribution in [2.24, 2.45) is 0 Å². The van der Waals surface area contributed by atoms with Gasteiger partial charge < -0.3 is 10.4 Å². The molecule has 0 bridgehead atoms. The van der Waals surface area contributed by atoms with E-state index in [0.29, 0.717) is 0 Å². The summed E-state index contributed by atoms with van der Waals surface area (Å²) >= 11 is 0. The van der Waals surface area contributed by atoms with Crippen LogP contribution < -0.4 is 5.32 Å². The number of para-hydroxylation sites is 1. The van der Waals surface area contributed by atoms with Gasteiger partial charge >= 0.3 is 0 Å². The van der Waals surface area contributed by atoms with Gasteiger partial charge in [0.25, 0.3) is 0 Å². The molecule has 0 aliphatic heterocycles. The van der Waals surface area contributed by atoms with Crippen molar-refractivity contribution in [3.8, 4) is 0 Å². The fraction of sp³-hybridized carbons (Fsp3) is 0.0714. The van der Waals surface area contributed by atoms with Crippen molar-refractivity contribution < 1.29 is 5.11 Å². The Bertz CT molecular complexity index is 1060. The summed E-state index contributed by atoms with van der Waals surface area (Å²) in [6.07, 6.45) is 3.88. The lowest BCUT2D eigenvalue weighted by Gasteiger charge is -2.36. The van der Waals surface area contributed by atoms with E-state index in [4.69, 9.17) is 0 Å². The zero-order chi connectivity index (χ0) is 20.7. The Hall–Kier alpha value is -3.62. The molecule has 0 heterocycles. The van der Waals surface area contributed by atoms with E-state index in [9.17, 15) is 5.11 Å². The van der Waals surface area contributed by atoms with Gasteiger partial charge in [-0.1, -0.05) is 115 Å². The second-order valence-electron chi connectivity index (χ2n) is 7.29. The maximum Gasteiger partial charge on any atom is 0.132 e. The summed E-state index contributed by atoms with van der Waals surface area (Å²) < 4.78 is 0. The summed E-state index contributed by atoms with van der Waals surface area (Å²) in [6, 6.07) is 39.6. The molecule has 0 saturated carbocycles. The lowest BCUT2D eigenvalue weighted by atomic mass is 9.81. The van der Waals surface area contributed by atoms with Crippen LogP contribution in [-0.4, -0.2) is 5.11 Å². The van der Waals surface area contributed by atoms with Gasteiger partial charge in [-0.2, -0.15) is 0 Å². The normalized spacial score (nSPS) is 14.2. The summed E-state index contributed by atoms with van der Waals surface area (Å²) in [4.78, 5) is 0. The number of anilines is 1. The van der Waals surface area contributed by atoms with Gasteiger partial charge in [0, 0.05) is 5.69 Å². The highest BCUT2D eigenvalue weighted by Gasteiger charge is 2.37. The first-order valence-electron chi connectivity index (χ1n) is 10.1. The quantitative estimate of drug-likeness (QED) is 0.380. The molecule has 0 saturated heterocycles. The van der Waals surface area contributed by atoms with E-state index in [1.54, 1.807) is 0 Å². The standard InChI is InChI=1S/C28H25NO/c30-28(25-17-9-3-10-18-25,22-21-23-13-5-1-6-14-23)27(24-15-7-2-8-16-24)29-26-19-11-4-12-20-26/h1-22,27,29-30H/b22-21+. The Morgan fingerprint density at radius 2 is 1.13 bits per heavy atom. The van der Waals surface area contributed by atoms with E-state index < -0.39 is 5.60 Å². The monoisotopic (exact) mass is 391 g/mol. The third kappa shape index (κ3) is 4.51. The first kappa shape index (κ1) is 19.7. The smallest absolute Gasteiger partial charge is 0.132 e. The molecule has 2 N–H and O–H groups in total. The second kappa shape index (κ2) is 9.25. The van der Waals surface area contributed by atoms with E-state index >= 15 is 0 Å². The van der Waals surface area contributed by atoms with Crippen LogP contribution in [0.4, 0.5) is 5.69 Å². The van der Waals surface area contributed by atoms with Crippen molar-refractivity contribution in [1.29, 1.82) is 0 Å². The Morgan fingerprint density at radius 3 is 1.73 bits per heavy atom. The average Bonchev–Trinajstić information content (AvgIpc) is 2.83. The summed E-state index contributed by atoms with van der Waals surface area (Å²) in [5.41, 5.74) is 2.56. The highest BCUT2D eigenvalue weighted by molar-refractivity contribution is 5.55. The van der Waals surface area contributed by atoms with Gasteiger partial charge in [-0.15, -0.1) is 0 Å². The third-order valence-corrected chi connectivity index (χ3v) is 5.22. The van der Waals surface area contributed by atoms with Crippen LogP contribution in [0.2, 0.25) is 0 Å². The number of hydrogen-bond donors (Lipinski definition) is 2.